The smallest absolute Gasteiger partial charge is 0.0909 e. The second kappa shape index (κ2) is 3.23. The van der Waals surface area contributed by atoms with Gasteiger partial charge >= 0.3 is 0 Å². The summed E-state index contributed by atoms with van der Waals surface area (Å²) in [6, 6.07) is 5.96. The highest BCUT2D eigenvalue weighted by molar-refractivity contribution is 6.35. The molecular weight excluding hydrogens is 232 g/mol. The normalized spacial score (nSPS) is 14.6. The Morgan fingerprint density at radius 1 is 1.18 bits per heavy atom. The fraction of sp³-hybridized carbons (Fsp3) is 0.214. The molecular formula is C14H11ClN2. The number of hydrogen-bond donors (Lipinski definition) is 1. The lowest BCUT2D eigenvalue weighted by Gasteiger charge is -2.01. The number of fused-ring (bicyclic) bond motifs is 5. The Labute approximate surface area is 104 Å². The van der Waals surface area contributed by atoms with E-state index in [1.54, 1.807) is 0 Å². The highest BCUT2D eigenvalue weighted by atomic mass is 35.5. The number of nitrogens with zero attached hydrogens (tertiary/aromatic N) is 1. The van der Waals surface area contributed by atoms with E-state index in [0.29, 0.717) is 0 Å². The summed E-state index contributed by atoms with van der Waals surface area (Å²) in [7, 11) is 0. The number of aromatic nitrogens is 2. The third kappa shape index (κ3) is 1.19. The number of rotatable bonds is 0. The van der Waals surface area contributed by atoms with Crippen LogP contribution in [0.15, 0.2) is 24.4 Å². The van der Waals surface area contributed by atoms with Crippen LogP contribution in [0.4, 0.5) is 0 Å². The first kappa shape index (κ1) is 9.49. The molecule has 0 unspecified atom stereocenters. The average molecular weight is 243 g/mol. The van der Waals surface area contributed by atoms with Crippen molar-refractivity contribution >= 4 is 33.4 Å². The van der Waals surface area contributed by atoms with E-state index < -0.39 is 0 Å². The van der Waals surface area contributed by atoms with Gasteiger partial charge in [-0.25, -0.2) is 0 Å². The lowest BCUT2D eigenvalue weighted by molar-refractivity contribution is 0.899. The average Bonchev–Trinajstić information content (AvgIpc) is 2.89. The molecule has 84 valence electrons. The lowest BCUT2D eigenvalue weighted by atomic mass is 10.1. The Kier molecular flexibility index (Phi) is 1.80. The molecule has 0 saturated carbocycles. The first-order chi connectivity index (χ1) is 8.34. The van der Waals surface area contributed by atoms with Gasteiger partial charge in [-0.05, 0) is 30.9 Å². The molecule has 3 aromatic rings. The van der Waals surface area contributed by atoms with Gasteiger partial charge in [0.1, 0.15) is 0 Å². The van der Waals surface area contributed by atoms with E-state index >= 15 is 0 Å². The number of aromatic amines is 1. The van der Waals surface area contributed by atoms with Crippen LogP contribution in [0.1, 0.15) is 17.7 Å². The molecule has 1 aliphatic rings. The van der Waals surface area contributed by atoms with Crippen molar-refractivity contribution in [3.63, 3.8) is 0 Å². The number of benzene rings is 1. The second-order valence-electron chi connectivity index (χ2n) is 4.62. The fourth-order valence-electron chi connectivity index (χ4n) is 2.88. The van der Waals surface area contributed by atoms with E-state index in [1.807, 2.05) is 18.3 Å². The molecule has 0 spiro atoms. The van der Waals surface area contributed by atoms with Crippen LogP contribution in [0.3, 0.4) is 0 Å². The fourth-order valence-corrected chi connectivity index (χ4v) is 3.10. The summed E-state index contributed by atoms with van der Waals surface area (Å²) in [6.07, 6.45) is 5.55. The molecule has 1 aliphatic carbocycles. The Hall–Kier alpha value is -1.54. The van der Waals surface area contributed by atoms with Crippen LogP contribution in [0.25, 0.3) is 21.8 Å². The molecule has 0 fully saturated rings. The van der Waals surface area contributed by atoms with Crippen molar-refractivity contribution in [3.05, 3.63) is 40.7 Å². The largest absolute Gasteiger partial charge is 0.358 e. The van der Waals surface area contributed by atoms with E-state index in [4.69, 9.17) is 11.6 Å². The zero-order valence-corrected chi connectivity index (χ0v) is 10.0. The van der Waals surface area contributed by atoms with Crippen LogP contribution in [-0.4, -0.2) is 9.97 Å². The van der Waals surface area contributed by atoms with Crippen LogP contribution in [0, 0.1) is 0 Å². The number of para-hydroxylation sites is 1. The van der Waals surface area contributed by atoms with Gasteiger partial charge in [0.15, 0.2) is 0 Å². The third-order valence-electron chi connectivity index (χ3n) is 3.67. The quantitative estimate of drug-likeness (QED) is 0.637. The molecule has 0 radical (unpaired) electrons. The number of aryl methyl sites for hydroxylation is 2. The van der Waals surface area contributed by atoms with Gasteiger partial charge < -0.3 is 4.98 Å². The minimum absolute atomic E-state index is 0.721. The van der Waals surface area contributed by atoms with Crippen molar-refractivity contribution in [1.82, 2.24) is 9.97 Å². The Morgan fingerprint density at radius 3 is 3.06 bits per heavy atom. The van der Waals surface area contributed by atoms with E-state index in [-0.39, 0.29) is 0 Å². The van der Waals surface area contributed by atoms with Crippen molar-refractivity contribution in [1.29, 1.82) is 0 Å². The molecule has 0 bridgehead atoms. The van der Waals surface area contributed by atoms with E-state index in [9.17, 15) is 0 Å². The first-order valence-corrected chi connectivity index (χ1v) is 6.29. The SMILES string of the molecule is Clc1cccc2c1ncc1c3c([nH]c12)CCC3. The van der Waals surface area contributed by atoms with Crippen LogP contribution in [0.2, 0.25) is 5.02 Å². The maximum atomic E-state index is 6.18. The van der Waals surface area contributed by atoms with Gasteiger partial charge in [0.25, 0.3) is 0 Å². The number of halogens is 1. The molecule has 0 atom stereocenters. The summed E-state index contributed by atoms with van der Waals surface area (Å²) in [5.74, 6) is 0. The first-order valence-electron chi connectivity index (χ1n) is 5.91. The predicted octanol–water partition coefficient (Wildman–Crippen LogP) is 3.86. The number of pyridine rings is 1. The zero-order chi connectivity index (χ0) is 11.4. The van der Waals surface area contributed by atoms with Crippen molar-refractivity contribution in [2.45, 2.75) is 19.3 Å². The summed E-state index contributed by atoms with van der Waals surface area (Å²) < 4.78 is 0. The maximum absolute atomic E-state index is 6.18. The van der Waals surface area contributed by atoms with Crippen molar-refractivity contribution in [2.75, 3.05) is 0 Å². The predicted molar refractivity (Wildman–Crippen MR) is 70.6 cm³/mol. The minimum atomic E-state index is 0.721. The van der Waals surface area contributed by atoms with E-state index in [0.717, 1.165) is 22.3 Å². The molecule has 17 heavy (non-hydrogen) atoms. The van der Waals surface area contributed by atoms with Gasteiger partial charge in [-0.3, -0.25) is 4.98 Å². The molecule has 0 saturated heterocycles. The maximum Gasteiger partial charge on any atom is 0.0909 e. The monoisotopic (exact) mass is 242 g/mol. The van der Waals surface area contributed by atoms with Crippen LogP contribution in [-0.2, 0) is 12.8 Å². The Bertz CT molecular complexity index is 743. The molecule has 4 rings (SSSR count). The molecule has 3 heteroatoms. The van der Waals surface area contributed by atoms with Crippen molar-refractivity contribution < 1.29 is 0 Å². The molecule has 1 aromatic carbocycles. The Morgan fingerprint density at radius 2 is 2.12 bits per heavy atom. The standard InChI is InChI=1S/C14H11ClN2/c15-11-5-1-4-9-13-10(7-16-14(9)11)8-3-2-6-12(8)17-13/h1,4-5,7,17H,2-3,6H2. The summed E-state index contributed by atoms with van der Waals surface area (Å²) in [5, 5.41) is 3.12. The van der Waals surface area contributed by atoms with Gasteiger partial charge in [-0.1, -0.05) is 23.7 Å². The number of nitrogens with one attached hydrogen (secondary N) is 1. The molecule has 2 aromatic heterocycles. The zero-order valence-electron chi connectivity index (χ0n) is 9.26. The summed E-state index contributed by atoms with van der Waals surface area (Å²) in [5.41, 5.74) is 4.92. The van der Waals surface area contributed by atoms with Crippen LogP contribution < -0.4 is 0 Å². The van der Waals surface area contributed by atoms with Crippen molar-refractivity contribution in [3.8, 4) is 0 Å². The van der Waals surface area contributed by atoms with Crippen LogP contribution in [0.5, 0.6) is 0 Å². The summed E-state index contributed by atoms with van der Waals surface area (Å²) >= 11 is 6.18. The molecule has 2 heterocycles. The highest BCUT2D eigenvalue weighted by Crippen LogP contribution is 2.34. The van der Waals surface area contributed by atoms with Gasteiger partial charge in [-0.2, -0.15) is 0 Å². The second-order valence-corrected chi connectivity index (χ2v) is 5.03. The van der Waals surface area contributed by atoms with E-state index in [1.165, 1.54) is 35.0 Å². The molecule has 0 aliphatic heterocycles. The number of hydrogen-bond acceptors (Lipinski definition) is 1. The van der Waals surface area contributed by atoms with Gasteiger partial charge in [0, 0.05) is 22.7 Å². The van der Waals surface area contributed by atoms with Gasteiger partial charge in [-0.15, -0.1) is 0 Å². The number of H-pyrrole nitrogens is 1. The third-order valence-corrected chi connectivity index (χ3v) is 3.97. The molecule has 2 nitrogen and oxygen atoms in total. The van der Waals surface area contributed by atoms with Crippen LogP contribution >= 0.6 is 11.6 Å². The highest BCUT2D eigenvalue weighted by Gasteiger charge is 2.18. The topological polar surface area (TPSA) is 28.7 Å². The van der Waals surface area contributed by atoms with Crippen molar-refractivity contribution in [2.24, 2.45) is 0 Å². The lowest BCUT2D eigenvalue weighted by Crippen LogP contribution is -1.83. The summed E-state index contributed by atoms with van der Waals surface area (Å²) in [6.45, 7) is 0. The van der Waals surface area contributed by atoms with Gasteiger partial charge in [0.2, 0.25) is 0 Å². The molecule has 0 amide bonds. The Balaban J connectivity index is 2.22. The summed E-state index contributed by atoms with van der Waals surface area (Å²) in [4.78, 5) is 8.05. The van der Waals surface area contributed by atoms with E-state index in [2.05, 4.69) is 16.0 Å². The van der Waals surface area contributed by atoms with Gasteiger partial charge in [0.05, 0.1) is 16.1 Å². The minimum Gasteiger partial charge on any atom is -0.358 e. The molecule has 1 N–H and O–H groups in total.